The van der Waals surface area contributed by atoms with Crippen LogP contribution in [0, 0.1) is 27.7 Å². The maximum Gasteiger partial charge on any atom is -0.0196 e. The van der Waals surface area contributed by atoms with E-state index in [1.54, 1.807) is 0 Å². The molecule has 0 saturated heterocycles. The molecule has 0 aromatic heterocycles. The van der Waals surface area contributed by atoms with Crippen LogP contribution in [0.3, 0.4) is 0 Å². The molecule has 16 heavy (non-hydrogen) atoms. The highest BCUT2D eigenvalue weighted by atomic mass is 14.1. The average molecular weight is 214 g/mol. The minimum atomic E-state index is 1.38. The molecular weight excluding hydrogens is 192 g/mol. The smallest absolute Gasteiger partial charge is 0.0196 e. The van der Waals surface area contributed by atoms with Crippen molar-refractivity contribution < 1.29 is 0 Å². The molecule has 0 N–H and O–H groups in total. The minimum Gasteiger partial charge on any atom is -0.0870 e. The lowest BCUT2D eigenvalue weighted by molar-refractivity contribution is 1.21. The molecular formula is C16H22. The summed E-state index contributed by atoms with van der Waals surface area (Å²) in [6.07, 6.45) is 8.65. The van der Waals surface area contributed by atoms with E-state index in [-0.39, 0.29) is 0 Å². The molecule has 0 aliphatic rings. The first kappa shape index (κ1) is 12.8. The van der Waals surface area contributed by atoms with E-state index >= 15 is 0 Å². The van der Waals surface area contributed by atoms with Crippen LogP contribution in [0.4, 0.5) is 0 Å². The molecule has 0 aliphatic carbocycles. The lowest BCUT2D eigenvalue weighted by atomic mass is 9.88. The molecule has 0 heteroatoms. The summed E-state index contributed by atoms with van der Waals surface area (Å²) in [5, 5.41) is 0. The van der Waals surface area contributed by atoms with Gasteiger partial charge in [-0.1, -0.05) is 24.3 Å². The van der Waals surface area contributed by atoms with Gasteiger partial charge in [-0.15, -0.1) is 0 Å². The van der Waals surface area contributed by atoms with E-state index < -0.39 is 0 Å². The van der Waals surface area contributed by atoms with Gasteiger partial charge in [0.15, 0.2) is 0 Å². The molecule has 0 spiro atoms. The molecule has 0 aliphatic heterocycles. The molecule has 0 bridgehead atoms. The normalized spacial score (nSPS) is 11.9. The number of hydrogen-bond donors (Lipinski definition) is 0. The molecule has 1 rings (SSSR count). The summed E-state index contributed by atoms with van der Waals surface area (Å²) < 4.78 is 0. The van der Waals surface area contributed by atoms with E-state index in [2.05, 4.69) is 65.8 Å². The van der Waals surface area contributed by atoms with Crippen LogP contribution in [0.5, 0.6) is 0 Å². The highest BCUT2D eigenvalue weighted by Crippen LogP contribution is 2.28. The van der Waals surface area contributed by atoms with E-state index in [1.807, 2.05) is 0 Å². The predicted molar refractivity (Wildman–Crippen MR) is 74.8 cm³/mol. The van der Waals surface area contributed by atoms with Crippen molar-refractivity contribution in [1.29, 1.82) is 0 Å². The highest BCUT2D eigenvalue weighted by molar-refractivity contribution is 5.69. The second-order valence-electron chi connectivity index (χ2n) is 4.33. The van der Waals surface area contributed by atoms with Crippen molar-refractivity contribution >= 4 is 12.2 Å². The van der Waals surface area contributed by atoms with Crippen LogP contribution < -0.4 is 0 Å². The molecule has 0 atom stereocenters. The predicted octanol–water partition coefficient (Wildman–Crippen LogP) is 4.99. The first-order valence-electron chi connectivity index (χ1n) is 5.90. The number of hydrogen-bond acceptors (Lipinski definition) is 0. The summed E-state index contributed by atoms with van der Waals surface area (Å²) in [6, 6.07) is 0. The summed E-state index contributed by atoms with van der Waals surface area (Å²) in [7, 11) is 0. The van der Waals surface area contributed by atoms with Crippen molar-refractivity contribution in [2.45, 2.75) is 41.5 Å². The lowest BCUT2D eigenvalue weighted by Crippen LogP contribution is -1.99. The zero-order valence-electron chi connectivity index (χ0n) is 11.3. The van der Waals surface area contributed by atoms with Crippen molar-refractivity contribution in [2.24, 2.45) is 0 Å². The van der Waals surface area contributed by atoms with E-state index in [0.29, 0.717) is 0 Å². The summed E-state index contributed by atoms with van der Waals surface area (Å²) in [5.74, 6) is 0. The van der Waals surface area contributed by atoms with Crippen LogP contribution in [0.25, 0.3) is 12.2 Å². The Labute approximate surface area is 99.7 Å². The third kappa shape index (κ3) is 2.11. The zero-order chi connectivity index (χ0) is 12.3. The average Bonchev–Trinajstić information content (AvgIpc) is 2.28. The lowest BCUT2D eigenvalue weighted by Gasteiger charge is -2.16. The van der Waals surface area contributed by atoms with Gasteiger partial charge in [-0.3, -0.25) is 0 Å². The van der Waals surface area contributed by atoms with Crippen LogP contribution in [-0.4, -0.2) is 0 Å². The SMILES string of the molecule is C/C=C/c1c(C)c(C)c(/C=C/C)c(C)c1C. The molecule has 1 aromatic rings. The largest absolute Gasteiger partial charge is 0.0870 e. The first-order chi connectivity index (χ1) is 7.54. The first-order valence-corrected chi connectivity index (χ1v) is 5.90. The topological polar surface area (TPSA) is 0 Å². The van der Waals surface area contributed by atoms with Crippen molar-refractivity contribution in [3.8, 4) is 0 Å². The maximum atomic E-state index is 2.21. The van der Waals surface area contributed by atoms with Crippen LogP contribution in [0.1, 0.15) is 47.2 Å². The Bertz CT molecular complexity index is 374. The standard InChI is InChI=1S/C16H22/c1-7-9-15-11(3)13(5)16(10-8-2)14(6)12(15)4/h7-10H,1-6H3/b9-7+,10-8+. The molecule has 0 fully saturated rings. The number of rotatable bonds is 2. The number of allylic oxidation sites excluding steroid dienone is 2. The number of benzene rings is 1. The zero-order valence-corrected chi connectivity index (χ0v) is 11.3. The molecule has 0 heterocycles. The fourth-order valence-corrected chi connectivity index (χ4v) is 2.20. The summed E-state index contributed by atoms with van der Waals surface area (Å²) in [6.45, 7) is 13.0. The van der Waals surface area contributed by atoms with Crippen LogP contribution >= 0.6 is 0 Å². The Morgan fingerprint density at radius 2 is 0.812 bits per heavy atom. The second kappa shape index (κ2) is 5.16. The summed E-state index contributed by atoms with van der Waals surface area (Å²) in [4.78, 5) is 0. The van der Waals surface area contributed by atoms with Crippen molar-refractivity contribution in [3.05, 3.63) is 45.5 Å². The fraction of sp³-hybridized carbons (Fsp3) is 0.375. The van der Waals surface area contributed by atoms with Crippen molar-refractivity contribution in [2.75, 3.05) is 0 Å². The van der Waals surface area contributed by atoms with Crippen molar-refractivity contribution in [3.63, 3.8) is 0 Å². The molecule has 0 saturated carbocycles. The van der Waals surface area contributed by atoms with Gasteiger partial charge in [0.25, 0.3) is 0 Å². The second-order valence-corrected chi connectivity index (χ2v) is 4.33. The van der Waals surface area contributed by atoms with Gasteiger partial charge in [-0.2, -0.15) is 0 Å². The minimum absolute atomic E-state index is 1.38. The third-order valence-corrected chi connectivity index (χ3v) is 3.41. The monoisotopic (exact) mass is 214 g/mol. The van der Waals surface area contributed by atoms with Gasteiger partial charge in [0, 0.05) is 0 Å². The fourth-order valence-electron chi connectivity index (χ4n) is 2.20. The Morgan fingerprint density at radius 1 is 0.562 bits per heavy atom. The Hall–Kier alpha value is -1.30. The van der Waals surface area contributed by atoms with Crippen molar-refractivity contribution in [1.82, 2.24) is 0 Å². The third-order valence-electron chi connectivity index (χ3n) is 3.41. The Kier molecular flexibility index (Phi) is 4.12. The van der Waals surface area contributed by atoms with Gasteiger partial charge in [-0.25, -0.2) is 0 Å². The van der Waals surface area contributed by atoms with E-state index in [9.17, 15) is 0 Å². The molecule has 0 radical (unpaired) electrons. The van der Waals surface area contributed by atoms with Gasteiger partial charge in [0.05, 0.1) is 0 Å². The molecule has 86 valence electrons. The van der Waals surface area contributed by atoms with E-state index in [4.69, 9.17) is 0 Å². The van der Waals surface area contributed by atoms with Gasteiger partial charge in [0.1, 0.15) is 0 Å². The van der Waals surface area contributed by atoms with Gasteiger partial charge >= 0.3 is 0 Å². The summed E-state index contributed by atoms with van der Waals surface area (Å²) in [5.41, 5.74) is 8.35. The quantitative estimate of drug-likeness (QED) is 0.651. The molecule has 0 amide bonds. The van der Waals surface area contributed by atoms with E-state index in [1.165, 1.54) is 33.4 Å². The van der Waals surface area contributed by atoms with Crippen LogP contribution in [0.2, 0.25) is 0 Å². The van der Waals surface area contributed by atoms with Gasteiger partial charge < -0.3 is 0 Å². The molecule has 0 nitrogen and oxygen atoms in total. The molecule has 1 aromatic carbocycles. The highest BCUT2D eigenvalue weighted by Gasteiger charge is 2.10. The maximum absolute atomic E-state index is 2.21. The molecule has 0 unspecified atom stereocenters. The summed E-state index contributed by atoms with van der Waals surface area (Å²) >= 11 is 0. The van der Waals surface area contributed by atoms with Crippen LogP contribution in [0.15, 0.2) is 12.2 Å². The van der Waals surface area contributed by atoms with Gasteiger partial charge in [0.2, 0.25) is 0 Å². The van der Waals surface area contributed by atoms with Gasteiger partial charge in [-0.05, 0) is 74.9 Å². The Morgan fingerprint density at radius 3 is 1.00 bits per heavy atom. The van der Waals surface area contributed by atoms with E-state index in [0.717, 1.165) is 0 Å². The van der Waals surface area contributed by atoms with Crippen LogP contribution in [-0.2, 0) is 0 Å². The Balaban J connectivity index is 3.62.